The number of hydrogen-bond donors (Lipinski definition) is 1. The maximum Gasteiger partial charge on any atom is 0.0667 e. The summed E-state index contributed by atoms with van der Waals surface area (Å²) in [7, 11) is 0. The van der Waals surface area contributed by atoms with Gasteiger partial charge in [0.25, 0.3) is 0 Å². The molecule has 78 valence electrons. The predicted molar refractivity (Wildman–Crippen MR) is 59.7 cm³/mol. The number of rotatable bonds is 3. The second kappa shape index (κ2) is 4.91. The van der Waals surface area contributed by atoms with Gasteiger partial charge in [-0.05, 0) is 48.2 Å². The molecule has 0 amide bonds. The molecule has 1 N–H and O–H groups in total. The summed E-state index contributed by atoms with van der Waals surface area (Å²) in [4.78, 5) is 2.37. The molecule has 2 heterocycles. The van der Waals surface area contributed by atoms with Crippen LogP contribution in [0.1, 0.15) is 18.4 Å². The van der Waals surface area contributed by atoms with E-state index in [2.05, 4.69) is 21.7 Å². The Bertz CT molecular complexity index is 260. The first-order chi connectivity index (χ1) is 6.84. The van der Waals surface area contributed by atoms with Crippen LogP contribution < -0.4 is 0 Å². The van der Waals surface area contributed by atoms with Crippen LogP contribution in [-0.4, -0.2) is 35.7 Å². The maximum absolute atomic E-state index is 9.50. The van der Waals surface area contributed by atoms with Crippen molar-refractivity contribution in [2.24, 2.45) is 0 Å². The van der Waals surface area contributed by atoms with E-state index in [9.17, 15) is 5.11 Å². The Morgan fingerprint density at radius 2 is 2.50 bits per heavy atom. The lowest BCUT2D eigenvalue weighted by atomic mass is 10.1. The summed E-state index contributed by atoms with van der Waals surface area (Å²) in [6.07, 6.45) is 3.15. The number of nitrogens with zero attached hydrogens (tertiary/aromatic N) is 1. The Kier molecular flexibility index (Phi) is 3.56. The predicted octanol–water partition coefficient (Wildman–Crippen LogP) is 1.75. The third-order valence-electron chi connectivity index (χ3n) is 2.78. The molecule has 0 saturated carbocycles. The van der Waals surface area contributed by atoms with Crippen LogP contribution in [0, 0.1) is 0 Å². The lowest BCUT2D eigenvalue weighted by Crippen LogP contribution is -2.39. The molecule has 14 heavy (non-hydrogen) atoms. The molecule has 1 aliphatic rings. The summed E-state index contributed by atoms with van der Waals surface area (Å²) in [6.45, 7) is 3.11. The fourth-order valence-electron chi connectivity index (χ4n) is 1.96. The Labute approximate surface area is 89.2 Å². The van der Waals surface area contributed by atoms with Crippen LogP contribution in [0.15, 0.2) is 16.8 Å². The minimum atomic E-state index is -0.0915. The van der Waals surface area contributed by atoms with Crippen LogP contribution in [-0.2, 0) is 6.42 Å². The zero-order chi connectivity index (χ0) is 9.80. The van der Waals surface area contributed by atoms with E-state index in [0.717, 1.165) is 38.9 Å². The van der Waals surface area contributed by atoms with Gasteiger partial charge < -0.3 is 10.0 Å². The Morgan fingerprint density at radius 1 is 1.57 bits per heavy atom. The van der Waals surface area contributed by atoms with Gasteiger partial charge in [-0.1, -0.05) is 0 Å². The highest BCUT2D eigenvalue weighted by molar-refractivity contribution is 7.07. The van der Waals surface area contributed by atoms with Gasteiger partial charge in [0.1, 0.15) is 0 Å². The van der Waals surface area contributed by atoms with Crippen molar-refractivity contribution >= 4 is 11.3 Å². The van der Waals surface area contributed by atoms with Crippen molar-refractivity contribution in [1.29, 1.82) is 0 Å². The summed E-state index contributed by atoms with van der Waals surface area (Å²) >= 11 is 1.76. The zero-order valence-corrected chi connectivity index (χ0v) is 9.17. The van der Waals surface area contributed by atoms with E-state index >= 15 is 0 Å². The molecular formula is C11H17NOS. The molecule has 0 radical (unpaired) electrons. The van der Waals surface area contributed by atoms with Crippen LogP contribution >= 0.6 is 11.3 Å². The highest BCUT2D eigenvalue weighted by Gasteiger charge is 2.16. The van der Waals surface area contributed by atoms with Gasteiger partial charge in [0.15, 0.2) is 0 Å². The highest BCUT2D eigenvalue weighted by atomic mass is 32.1. The second-order valence-electron chi connectivity index (χ2n) is 3.98. The van der Waals surface area contributed by atoms with Crippen molar-refractivity contribution in [1.82, 2.24) is 4.90 Å². The zero-order valence-electron chi connectivity index (χ0n) is 8.35. The van der Waals surface area contributed by atoms with Gasteiger partial charge in [-0.2, -0.15) is 11.3 Å². The molecule has 0 aliphatic carbocycles. The molecule has 1 aromatic rings. The van der Waals surface area contributed by atoms with Gasteiger partial charge in [-0.15, -0.1) is 0 Å². The van der Waals surface area contributed by atoms with Gasteiger partial charge >= 0.3 is 0 Å². The number of hydrogen-bond acceptors (Lipinski definition) is 3. The van der Waals surface area contributed by atoms with Crippen LogP contribution in [0.2, 0.25) is 0 Å². The molecule has 1 fully saturated rings. The molecule has 1 aromatic heterocycles. The van der Waals surface area contributed by atoms with Crippen molar-refractivity contribution in [3.05, 3.63) is 22.4 Å². The van der Waals surface area contributed by atoms with E-state index in [1.54, 1.807) is 11.3 Å². The molecule has 0 aromatic carbocycles. The van der Waals surface area contributed by atoms with Crippen molar-refractivity contribution in [3.8, 4) is 0 Å². The van der Waals surface area contributed by atoms with Gasteiger partial charge in [-0.25, -0.2) is 0 Å². The molecule has 2 rings (SSSR count). The molecule has 1 atom stereocenters. The number of likely N-dealkylation sites (tertiary alicyclic amines) is 1. The smallest absolute Gasteiger partial charge is 0.0667 e. The lowest BCUT2D eigenvalue weighted by molar-refractivity contribution is 0.0714. The Hall–Kier alpha value is -0.380. The van der Waals surface area contributed by atoms with Gasteiger partial charge in [0.05, 0.1) is 6.10 Å². The Morgan fingerprint density at radius 3 is 3.21 bits per heavy atom. The minimum absolute atomic E-state index is 0.0915. The molecule has 1 unspecified atom stereocenters. The molecule has 1 saturated heterocycles. The fraction of sp³-hybridized carbons (Fsp3) is 0.636. The standard InChI is InChI=1S/C11H17NOS/c13-11-2-1-5-12(8-11)6-3-10-4-7-14-9-10/h4,7,9,11,13H,1-3,5-6,8H2. The summed E-state index contributed by atoms with van der Waals surface area (Å²) in [5.41, 5.74) is 1.43. The summed E-state index contributed by atoms with van der Waals surface area (Å²) in [5, 5.41) is 13.8. The average Bonchev–Trinajstić information content (AvgIpc) is 2.67. The third kappa shape index (κ3) is 2.80. The van der Waals surface area contributed by atoms with Crippen LogP contribution in [0.5, 0.6) is 0 Å². The monoisotopic (exact) mass is 211 g/mol. The number of β-amino-alcohol motifs (C(OH)–C–C–N with tert-alkyl or cyclic N) is 1. The summed E-state index contributed by atoms with van der Waals surface area (Å²) in [6, 6.07) is 2.19. The van der Waals surface area contributed by atoms with E-state index < -0.39 is 0 Å². The summed E-state index contributed by atoms with van der Waals surface area (Å²) in [5.74, 6) is 0. The molecule has 2 nitrogen and oxygen atoms in total. The van der Waals surface area contributed by atoms with E-state index in [4.69, 9.17) is 0 Å². The van der Waals surface area contributed by atoms with E-state index in [-0.39, 0.29) is 6.10 Å². The van der Waals surface area contributed by atoms with Crippen molar-refractivity contribution in [2.75, 3.05) is 19.6 Å². The fourth-order valence-corrected chi connectivity index (χ4v) is 2.66. The highest BCUT2D eigenvalue weighted by Crippen LogP contribution is 2.12. The van der Waals surface area contributed by atoms with Gasteiger partial charge in [0.2, 0.25) is 0 Å². The Balaban J connectivity index is 1.75. The third-order valence-corrected chi connectivity index (χ3v) is 3.51. The first-order valence-corrected chi connectivity index (χ1v) is 6.20. The van der Waals surface area contributed by atoms with Crippen molar-refractivity contribution in [3.63, 3.8) is 0 Å². The molecule has 0 bridgehead atoms. The lowest BCUT2D eigenvalue weighted by Gasteiger charge is -2.29. The average molecular weight is 211 g/mol. The number of thiophene rings is 1. The number of aliphatic hydroxyl groups is 1. The second-order valence-corrected chi connectivity index (χ2v) is 4.76. The summed E-state index contributed by atoms with van der Waals surface area (Å²) < 4.78 is 0. The molecule has 0 spiro atoms. The normalized spacial score (nSPS) is 23.9. The number of aliphatic hydroxyl groups excluding tert-OH is 1. The number of piperidine rings is 1. The molecule has 3 heteroatoms. The van der Waals surface area contributed by atoms with Crippen LogP contribution in [0.3, 0.4) is 0 Å². The van der Waals surface area contributed by atoms with Gasteiger partial charge in [-0.3, -0.25) is 0 Å². The first kappa shape index (κ1) is 10.1. The quantitative estimate of drug-likeness (QED) is 0.823. The van der Waals surface area contributed by atoms with Crippen molar-refractivity contribution in [2.45, 2.75) is 25.4 Å². The van der Waals surface area contributed by atoms with E-state index in [1.165, 1.54) is 5.56 Å². The molecule has 1 aliphatic heterocycles. The van der Waals surface area contributed by atoms with Crippen LogP contribution in [0.4, 0.5) is 0 Å². The van der Waals surface area contributed by atoms with Gasteiger partial charge in [0, 0.05) is 13.1 Å². The first-order valence-electron chi connectivity index (χ1n) is 5.26. The van der Waals surface area contributed by atoms with Crippen LogP contribution in [0.25, 0.3) is 0 Å². The van der Waals surface area contributed by atoms with Crippen molar-refractivity contribution < 1.29 is 5.11 Å². The largest absolute Gasteiger partial charge is 0.392 e. The topological polar surface area (TPSA) is 23.5 Å². The molecular weight excluding hydrogens is 194 g/mol. The SMILES string of the molecule is OC1CCCN(CCc2ccsc2)C1. The van der Waals surface area contributed by atoms with E-state index in [1.807, 2.05) is 0 Å². The minimum Gasteiger partial charge on any atom is -0.392 e. The maximum atomic E-state index is 9.50. The van der Waals surface area contributed by atoms with E-state index in [0.29, 0.717) is 0 Å².